The van der Waals surface area contributed by atoms with E-state index in [9.17, 15) is 0 Å². The number of aryl methyl sites for hydroxylation is 1. The van der Waals surface area contributed by atoms with Gasteiger partial charge in [0.25, 0.3) is 0 Å². The van der Waals surface area contributed by atoms with E-state index < -0.39 is 0 Å². The van der Waals surface area contributed by atoms with Gasteiger partial charge in [0.05, 0.1) is 19.3 Å². The Kier molecular flexibility index (Phi) is 6.33. The summed E-state index contributed by atoms with van der Waals surface area (Å²) in [6, 6.07) is 12.5. The smallest absolute Gasteiger partial charge is 0.170 e. The zero-order chi connectivity index (χ0) is 17.5. The fourth-order valence-electron chi connectivity index (χ4n) is 3.01. The highest BCUT2D eigenvalue weighted by Gasteiger charge is 2.22. The third kappa shape index (κ3) is 5.22. The van der Waals surface area contributed by atoms with Crippen molar-refractivity contribution in [3.8, 4) is 0 Å². The number of hydrogen-bond acceptors (Lipinski definition) is 4. The molecule has 1 aromatic heterocycles. The van der Waals surface area contributed by atoms with Crippen LogP contribution in [0.1, 0.15) is 17.2 Å². The topological polar surface area (TPSA) is 49.4 Å². The molecule has 1 saturated heterocycles. The van der Waals surface area contributed by atoms with Gasteiger partial charge < -0.3 is 15.4 Å². The molecule has 2 heterocycles. The van der Waals surface area contributed by atoms with Gasteiger partial charge >= 0.3 is 0 Å². The molecule has 0 amide bonds. The van der Waals surface area contributed by atoms with Crippen LogP contribution in [0.15, 0.2) is 48.8 Å². The van der Waals surface area contributed by atoms with Gasteiger partial charge in [-0.15, -0.1) is 0 Å². The Morgan fingerprint density at radius 3 is 2.84 bits per heavy atom. The number of nitrogens with zero attached hydrogens (tertiary/aromatic N) is 2. The fraction of sp³-hybridized carbons (Fsp3) is 0.368. The number of benzene rings is 1. The predicted octanol–water partition coefficient (Wildman–Crippen LogP) is 2.75. The minimum atomic E-state index is 0.217. The van der Waals surface area contributed by atoms with Crippen molar-refractivity contribution in [2.45, 2.75) is 13.0 Å². The third-order valence-corrected chi connectivity index (χ3v) is 4.53. The molecule has 0 spiro atoms. The maximum absolute atomic E-state index is 5.49. The second-order valence-electron chi connectivity index (χ2n) is 6.16. The SMILES string of the molecule is Cc1cccc(NC(=S)NC[C@H](c2cccnc2)N2CCOCC2)c1. The molecule has 1 aliphatic rings. The van der Waals surface area contributed by atoms with Crippen LogP contribution in [0.4, 0.5) is 5.69 Å². The van der Waals surface area contributed by atoms with Gasteiger partial charge in [-0.25, -0.2) is 0 Å². The summed E-state index contributed by atoms with van der Waals surface area (Å²) >= 11 is 5.47. The number of pyridine rings is 1. The molecule has 5 nitrogen and oxygen atoms in total. The standard InChI is InChI=1S/C19H24N4OS/c1-15-4-2-6-17(12-15)22-19(25)21-14-18(16-5-3-7-20-13-16)23-8-10-24-11-9-23/h2-7,12-13,18H,8-11,14H2,1H3,(H2,21,22,25)/t18-/m1/s1. The van der Waals surface area contributed by atoms with Crippen LogP contribution in [0.2, 0.25) is 0 Å². The normalized spacial score (nSPS) is 16.2. The van der Waals surface area contributed by atoms with Crippen LogP contribution in [0.5, 0.6) is 0 Å². The van der Waals surface area contributed by atoms with Crippen molar-refractivity contribution < 1.29 is 4.74 Å². The van der Waals surface area contributed by atoms with Crippen LogP contribution in [0.25, 0.3) is 0 Å². The van der Waals surface area contributed by atoms with E-state index in [0.29, 0.717) is 5.11 Å². The number of nitrogens with one attached hydrogen (secondary N) is 2. The van der Waals surface area contributed by atoms with Crippen LogP contribution in [-0.2, 0) is 4.74 Å². The lowest BCUT2D eigenvalue weighted by atomic mass is 10.1. The molecule has 1 atom stereocenters. The van der Waals surface area contributed by atoms with E-state index in [-0.39, 0.29) is 6.04 Å². The predicted molar refractivity (Wildman–Crippen MR) is 105 cm³/mol. The molecule has 1 aliphatic heterocycles. The van der Waals surface area contributed by atoms with Gasteiger partial charge in [0, 0.05) is 37.7 Å². The molecule has 25 heavy (non-hydrogen) atoms. The highest BCUT2D eigenvalue weighted by atomic mass is 32.1. The van der Waals surface area contributed by atoms with Crippen molar-refractivity contribution in [1.82, 2.24) is 15.2 Å². The molecule has 2 N–H and O–H groups in total. The monoisotopic (exact) mass is 356 g/mol. The van der Waals surface area contributed by atoms with E-state index in [1.807, 2.05) is 24.4 Å². The summed E-state index contributed by atoms with van der Waals surface area (Å²) in [7, 11) is 0. The number of anilines is 1. The van der Waals surface area contributed by atoms with Crippen LogP contribution < -0.4 is 10.6 Å². The van der Waals surface area contributed by atoms with Crippen molar-refractivity contribution in [2.24, 2.45) is 0 Å². The van der Waals surface area contributed by atoms with Crippen molar-refractivity contribution >= 4 is 23.0 Å². The first kappa shape index (κ1) is 17.8. The number of aromatic nitrogens is 1. The number of hydrogen-bond donors (Lipinski definition) is 2. The summed E-state index contributed by atoms with van der Waals surface area (Å²) in [5.74, 6) is 0. The maximum Gasteiger partial charge on any atom is 0.170 e. The Labute approximate surface area is 154 Å². The first-order valence-electron chi connectivity index (χ1n) is 8.55. The molecular formula is C19H24N4OS. The number of morpholine rings is 1. The van der Waals surface area contributed by atoms with Gasteiger partial charge in [-0.3, -0.25) is 9.88 Å². The van der Waals surface area contributed by atoms with E-state index in [0.717, 1.165) is 38.5 Å². The van der Waals surface area contributed by atoms with Gasteiger partial charge in [-0.2, -0.15) is 0 Å². The second-order valence-corrected chi connectivity index (χ2v) is 6.56. The molecule has 0 bridgehead atoms. The summed E-state index contributed by atoms with van der Waals surface area (Å²) in [6.07, 6.45) is 3.73. The number of rotatable bonds is 5. The summed E-state index contributed by atoms with van der Waals surface area (Å²) in [5, 5.41) is 7.24. The molecule has 0 saturated carbocycles. The van der Waals surface area contributed by atoms with Crippen molar-refractivity contribution in [2.75, 3.05) is 38.2 Å². The molecule has 2 aromatic rings. The average Bonchev–Trinajstić information content (AvgIpc) is 2.64. The molecule has 3 rings (SSSR count). The average molecular weight is 356 g/mol. The first-order valence-corrected chi connectivity index (χ1v) is 8.96. The molecule has 0 radical (unpaired) electrons. The van der Waals surface area contributed by atoms with Crippen molar-refractivity contribution in [3.63, 3.8) is 0 Å². The second kappa shape index (κ2) is 8.89. The van der Waals surface area contributed by atoms with E-state index in [1.165, 1.54) is 11.1 Å². The van der Waals surface area contributed by atoms with Crippen LogP contribution >= 0.6 is 12.2 Å². The summed E-state index contributed by atoms with van der Waals surface area (Å²) in [4.78, 5) is 6.69. The Morgan fingerprint density at radius 1 is 1.28 bits per heavy atom. The zero-order valence-corrected chi connectivity index (χ0v) is 15.3. The first-order chi connectivity index (χ1) is 12.2. The van der Waals surface area contributed by atoms with Gasteiger partial charge in [-0.05, 0) is 48.5 Å². The Hall–Kier alpha value is -2.02. The molecular weight excluding hydrogens is 332 g/mol. The Bertz CT molecular complexity index is 689. The highest BCUT2D eigenvalue weighted by molar-refractivity contribution is 7.80. The van der Waals surface area contributed by atoms with Crippen molar-refractivity contribution in [3.05, 3.63) is 59.9 Å². The Balaban J connectivity index is 1.62. The van der Waals surface area contributed by atoms with Gasteiger partial charge in [0.2, 0.25) is 0 Å². The molecule has 0 aliphatic carbocycles. The zero-order valence-electron chi connectivity index (χ0n) is 14.4. The van der Waals surface area contributed by atoms with Crippen molar-refractivity contribution in [1.29, 1.82) is 0 Å². The van der Waals surface area contributed by atoms with E-state index in [4.69, 9.17) is 17.0 Å². The maximum atomic E-state index is 5.49. The van der Waals surface area contributed by atoms with Crippen LogP contribution in [0.3, 0.4) is 0 Å². The minimum Gasteiger partial charge on any atom is -0.379 e. The van der Waals surface area contributed by atoms with E-state index in [2.05, 4.69) is 45.6 Å². The quantitative estimate of drug-likeness (QED) is 0.804. The number of ether oxygens (including phenoxy) is 1. The van der Waals surface area contributed by atoms with Crippen LogP contribution in [-0.4, -0.2) is 47.8 Å². The molecule has 6 heteroatoms. The van der Waals surface area contributed by atoms with Crippen LogP contribution in [0, 0.1) is 6.92 Å². The lowest BCUT2D eigenvalue weighted by Crippen LogP contribution is -2.44. The van der Waals surface area contributed by atoms with Gasteiger partial charge in [0.1, 0.15) is 0 Å². The Morgan fingerprint density at radius 2 is 2.12 bits per heavy atom. The molecule has 1 aromatic carbocycles. The fourth-order valence-corrected chi connectivity index (χ4v) is 3.21. The summed E-state index contributed by atoms with van der Waals surface area (Å²) in [5.41, 5.74) is 3.39. The van der Waals surface area contributed by atoms with E-state index >= 15 is 0 Å². The van der Waals surface area contributed by atoms with Gasteiger partial charge in [-0.1, -0.05) is 18.2 Å². The molecule has 0 unspecified atom stereocenters. The molecule has 132 valence electrons. The molecule has 1 fully saturated rings. The minimum absolute atomic E-state index is 0.217. The largest absolute Gasteiger partial charge is 0.379 e. The third-order valence-electron chi connectivity index (χ3n) is 4.29. The van der Waals surface area contributed by atoms with Gasteiger partial charge in [0.15, 0.2) is 5.11 Å². The lowest BCUT2D eigenvalue weighted by molar-refractivity contribution is 0.0170. The van der Waals surface area contributed by atoms with E-state index in [1.54, 1.807) is 6.20 Å². The highest BCUT2D eigenvalue weighted by Crippen LogP contribution is 2.20. The number of thiocarbonyl (C=S) groups is 1. The summed E-state index contributed by atoms with van der Waals surface area (Å²) < 4.78 is 5.49. The summed E-state index contributed by atoms with van der Waals surface area (Å²) in [6.45, 7) is 6.16. The lowest BCUT2D eigenvalue weighted by Gasteiger charge is -2.35.